The number of allylic oxidation sites excluding steroid dienone is 1. The predicted molar refractivity (Wildman–Crippen MR) is 106 cm³/mol. The van der Waals surface area contributed by atoms with Crippen LogP contribution < -0.4 is 14.8 Å². The van der Waals surface area contributed by atoms with Crippen molar-refractivity contribution in [1.29, 1.82) is 0 Å². The number of ether oxygens (including phenoxy) is 1. The summed E-state index contributed by atoms with van der Waals surface area (Å²) in [6.07, 6.45) is 2.34. The summed E-state index contributed by atoms with van der Waals surface area (Å²) < 4.78 is 57.4. The molecule has 0 aliphatic carbocycles. The SMILES string of the molecule is CC(C)(CCC/C=C/N1CC(=O)NC1=O)NS(=O)(=O)c1cccc(OCC(F)F)c1. The van der Waals surface area contributed by atoms with Crippen molar-refractivity contribution >= 4 is 22.0 Å². The molecule has 1 aromatic carbocycles. The molecule has 166 valence electrons. The number of nitrogens with one attached hydrogen (secondary N) is 2. The Morgan fingerprint density at radius 2 is 2.07 bits per heavy atom. The third kappa shape index (κ3) is 7.38. The van der Waals surface area contributed by atoms with Crippen molar-refractivity contribution in [2.45, 2.75) is 50.0 Å². The van der Waals surface area contributed by atoms with Crippen LogP contribution in [0.1, 0.15) is 33.1 Å². The summed E-state index contributed by atoms with van der Waals surface area (Å²) in [4.78, 5) is 23.7. The fraction of sp³-hybridized carbons (Fsp3) is 0.474. The van der Waals surface area contributed by atoms with Gasteiger partial charge in [0.1, 0.15) is 18.9 Å². The maximum atomic E-state index is 12.7. The average molecular weight is 445 g/mol. The number of nitrogens with zero attached hydrogens (tertiary/aromatic N) is 1. The van der Waals surface area contributed by atoms with Crippen molar-refractivity contribution in [3.05, 3.63) is 36.5 Å². The second-order valence-electron chi connectivity index (χ2n) is 7.42. The van der Waals surface area contributed by atoms with Crippen LogP contribution in [-0.2, 0) is 14.8 Å². The maximum Gasteiger partial charge on any atom is 0.328 e. The Bertz CT molecular complexity index is 903. The van der Waals surface area contributed by atoms with Gasteiger partial charge in [-0.1, -0.05) is 12.1 Å². The molecule has 0 radical (unpaired) electrons. The van der Waals surface area contributed by atoms with Crippen LogP contribution in [0, 0.1) is 0 Å². The number of sulfonamides is 1. The number of hydrogen-bond acceptors (Lipinski definition) is 5. The van der Waals surface area contributed by atoms with E-state index < -0.39 is 34.6 Å². The molecule has 1 aliphatic heterocycles. The van der Waals surface area contributed by atoms with Crippen molar-refractivity contribution < 1.29 is 31.5 Å². The predicted octanol–water partition coefficient (Wildman–Crippen LogP) is 2.62. The number of rotatable bonds is 11. The molecule has 1 saturated heterocycles. The van der Waals surface area contributed by atoms with Gasteiger partial charge in [0.05, 0.1) is 4.90 Å². The zero-order chi connectivity index (χ0) is 22.4. The van der Waals surface area contributed by atoms with Gasteiger partial charge in [-0.3, -0.25) is 15.0 Å². The molecule has 0 aromatic heterocycles. The Morgan fingerprint density at radius 3 is 2.70 bits per heavy atom. The average Bonchev–Trinajstić information content (AvgIpc) is 2.96. The number of amides is 3. The van der Waals surface area contributed by atoms with Crippen LogP contribution in [0.25, 0.3) is 0 Å². The molecule has 2 rings (SSSR count). The van der Waals surface area contributed by atoms with E-state index in [1.165, 1.54) is 35.4 Å². The molecule has 0 bridgehead atoms. The first kappa shape index (κ1) is 23.7. The van der Waals surface area contributed by atoms with Crippen molar-refractivity contribution in [3.8, 4) is 5.75 Å². The highest BCUT2D eigenvalue weighted by atomic mass is 32.2. The van der Waals surface area contributed by atoms with E-state index in [9.17, 15) is 26.8 Å². The fourth-order valence-electron chi connectivity index (χ4n) is 2.81. The van der Waals surface area contributed by atoms with Crippen LogP contribution in [0.4, 0.5) is 13.6 Å². The van der Waals surface area contributed by atoms with Gasteiger partial charge in [-0.25, -0.2) is 26.7 Å². The minimum absolute atomic E-state index is 0.0132. The molecule has 0 atom stereocenters. The molecule has 11 heteroatoms. The topological polar surface area (TPSA) is 105 Å². The zero-order valence-electron chi connectivity index (χ0n) is 16.7. The van der Waals surface area contributed by atoms with Crippen LogP contribution >= 0.6 is 0 Å². The number of hydrogen-bond donors (Lipinski definition) is 2. The summed E-state index contributed by atoms with van der Waals surface area (Å²) in [6.45, 7) is 2.64. The number of alkyl halides is 2. The summed E-state index contributed by atoms with van der Waals surface area (Å²) in [6, 6.07) is 4.92. The van der Waals surface area contributed by atoms with Gasteiger partial charge in [-0.05, 0) is 45.2 Å². The van der Waals surface area contributed by atoms with Crippen molar-refractivity contribution in [1.82, 2.24) is 14.9 Å². The molecule has 0 spiro atoms. The van der Waals surface area contributed by atoms with Crippen LogP contribution in [0.15, 0.2) is 41.4 Å². The van der Waals surface area contributed by atoms with Crippen LogP contribution in [0.3, 0.4) is 0 Å². The van der Waals surface area contributed by atoms with Crippen molar-refractivity contribution in [2.24, 2.45) is 0 Å². The monoisotopic (exact) mass is 445 g/mol. The molecule has 0 unspecified atom stereocenters. The smallest absolute Gasteiger partial charge is 0.328 e. The number of benzene rings is 1. The lowest BCUT2D eigenvalue weighted by molar-refractivity contribution is -0.118. The highest BCUT2D eigenvalue weighted by Crippen LogP contribution is 2.22. The van der Waals surface area contributed by atoms with Crippen LogP contribution in [-0.4, -0.2) is 50.4 Å². The van der Waals surface area contributed by atoms with Gasteiger partial charge in [0.15, 0.2) is 0 Å². The normalized spacial score (nSPS) is 15.3. The molecule has 0 saturated carbocycles. The number of imide groups is 1. The first-order valence-electron chi connectivity index (χ1n) is 9.31. The molecular formula is C19H25F2N3O5S. The van der Waals surface area contributed by atoms with E-state index in [1.54, 1.807) is 19.9 Å². The minimum atomic E-state index is -3.88. The van der Waals surface area contributed by atoms with Gasteiger partial charge in [-0.15, -0.1) is 0 Å². The molecule has 1 fully saturated rings. The third-order valence-electron chi connectivity index (χ3n) is 4.18. The van der Waals surface area contributed by atoms with Crippen LogP contribution in [0.5, 0.6) is 5.75 Å². The molecule has 8 nitrogen and oxygen atoms in total. The third-order valence-corrected chi connectivity index (χ3v) is 5.88. The summed E-state index contributed by atoms with van der Waals surface area (Å²) >= 11 is 0. The number of carbonyl (C=O) groups is 2. The fourth-order valence-corrected chi connectivity index (χ4v) is 4.28. The lowest BCUT2D eigenvalue weighted by Gasteiger charge is -2.26. The van der Waals surface area contributed by atoms with Crippen molar-refractivity contribution in [3.63, 3.8) is 0 Å². The Morgan fingerprint density at radius 1 is 1.33 bits per heavy atom. The lowest BCUT2D eigenvalue weighted by Crippen LogP contribution is -2.43. The summed E-state index contributed by atoms with van der Waals surface area (Å²) in [7, 11) is -3.88. The number of urea groups is 1. The summed E-state index contributed by atoms with van der Waals surface area (Å²) in [5.74, 6) is -0.311. The van der Waals surface area contributed by atoms with Gasteiger partial charge in [0, 0.05) is 17.8 Å². The highest BCUT2D eigenvalue weighted by molar-refractivity contribution is 7.89. The Labute approximate surface area is 174 Å². The molecule has 1 aromatic rings. The molecule has 30 heavy (non-hydrogen) atoms. The van der Waals surface area contributed by atoms with Gasteiger partial charge < -0.3 is 4.74 Å². The number of halogens is 2. The molecule has 1 heterocycles. The zero-order valence-corrected chi connectivity index (χ0v) is 17.5. The van der Waals surface area contributed by atoms with Gasteiger partial charge >= 0.3 is 6.03 Å². The van der Waals surface area contributed by atoms with Gasteiger partial charge in [-0.2, -0.15) is 0 Å². The molecule has 2 N–H and O–H groups in total. The summed E-state index contributed by atoms with van der Waals surface area (Å²) in [5, 5.41) is 2.16. The van der Waals surface area contributed by atoms with E-state index in [0.717, 1.165) is 0 Å². The maximum absolute atomic E-state index is 12.7. The van der Waals surface area contributed by atoms with E-state index in [-0.39, 0.29) is 23.1 Å². The first-order valence-corrected chi connectivity index (χ1v) is 10.8. The van der Waals surface area contributed by atoms with E-state index in [0.29, 0.717) is 19.3 Å². The summed E-state index contributed by atoms with van der Waals surface area (Å²) in [5.41, 5.74) is -0.770. The Kier molecular flexibility index (Phi) is 7.90. The minimum Gasteiger partial charge on any atom is -0.488 e. The quantitative estimate of drug-likeness (QED) is 0.402. The van der Waals surface area contributed by atoms with E-state index in [2.05, 4.69) is 10.0 Å². The Hall–Kier alpha value is -2.53. The largest absolute Gasteiger partial charge is 0.488 e. The second kappa shape index (κ2) is 9.98. The lowest BCUT2D eigenvalue weighted by atomic mass is 9.99. The number of carbonyl (C=O) groups excluding carboxylic acids is 2. The van der Waals surface area contributed by atoms with Crippen LogP contribution in [0.2, 0.25) is 0 Å². The molecule has 3 amide bonds. The van der Waals surface area contributed by atoms with Crippen molar-refractivity contribution in [2.75, 3.05) is 13.2 Å². The van der Waals surface area contributed by atoms with E-state index in [4.69, 9.17) is 4.74 Å². The van der Waals surface area contributed by atoms with Gasteiger partial charge in [0.25, 0.3) is 6.43 Å². The van der Waals surface area contributed by atoms with E-state index in [1.807, 2.05) is 0 Å². The first-order chi connectivity index (χ1) is 14.0. The Balaban J connectivity index is 1.88. The highest BCUT2D eigenvalue weighted by Gasteiger charge is 2.26. The van der Waals surface area contributed by atoms with Gasteiger partial charge in [0.2, 0.25) is 15.9 Å². The molecular weight excluding hydrogens is 420 g/mol. The van der Waals surface area contributed by atoms with E-state index >= 15 is 0 Å². The number of unbranched alkanes of at least 4 members (excludes halogenated alkanes) is 1. The second-order valence-corrected chi connectivity index (χ2v) is 9.11. The molecule has 1 aliphatic rings. The standard InChI is InChI=1S/C19H25F2N3O5S/c1-19(2,9-4-3-5-10-24-12-17(25)22-18(24)26)23-30(27,28)15-8-6-7-14(11-15)29-13-16(20)21/h5-8,10-11,16,23H,3-4,9,12-13H2,1-2H3,(H,22,25,26)/b10-5+.